The summed E-state index contributed by atoms with van der Waals surface area (Å²) in [7, 11) is 0. The van der Waals surface area contributed by atoms with Crippen molar-refractivity contribution in [3.63, 3.8) is 0 Å². The van der Waals surface area contributed by atoms with E-state index in [2.05, 4.69) is 44.5 Å². The number of fused-ring (bicyclic) bond motifs is 4. The highest BCUT2D eigenvalue weighted by atomic mass is 16.6. The number of nitrogens with zero attached hydrogens (tertiary/aromatic N) is 4. The molecule has 0 unspecified atom stereocenters. The van der Waals surface area contributed by atoms with Crippen LogP contribution in [0.25, 0.3) is 22.3 Å². The van der Waals surface area contributed by atoms with Crippen molar-refractivity contribution < 1.29 is 20.1 Å². The maximum Gasteiger partial charge on any atom is 0.167 e. The van der Waals surface area contributed by atoms with Gasteiger partial charge < -0.3 is 25.4 Å². The summed E-state index contributed by atoms with van der Waals surface area (Å²) >= 11 is 0. The highest BCUT2D eigenvalue weighted by Crippen LogP contribution is 2.45. The maximum absolute atomic E-state index is 10.4. The molecule has 0 bridgehead atoms. The molecule has 9 nitrogen and oxygen atoms in total. The Labute approximate surface area is 183 Å². The molecule has 9 heteroatoms. The number of aliphatic hydroxyl groups is 3. The summed E-state index contributed by atoms with van der Waals surface area (Å²) in [4.78, 5) is 13.2. The predicted molar refractivity (Wildman–Crippen MR) is 116 cm³/mol. The van der Waals surface area contributed by atoms with Crippen molar-refractivity contribution in [2.24, 2.45) is 0 Å². The largest absolute Gasteiger partial charge is 0.394 e. The second kappa shape index (κ2) is 7.35. The smallest absolute Gasteiger partial charge is 0.167 e. The molecule has 0 amide bonds. The number of aromatic nitrogens is 4. The monoisotopic (exact) mass is 431 g/mol. The van der Waals surface area contributed by atoms with Crippen molar-refractivity contribution in [2.45, 2.75) is 30.6 Å². The van der Waals surface area contributed by atoms with E-state index >= 15 is 0 Å². The third kappa shape index (κ3) is 2.76. The van der Waals surface area contributed by atoms with Gasteiger partial charge in [-0.25, -0.2) is 15.0 Å². The zero-order valence-corrected chi connectivity index (χ0v) is 16.9. The summed E-state index contributed by atoms with van der Waals surface area (Å²) in [5.41, 5.74) is 5.65. The fourth-order valence-electron chi connectivity index (χ4n) is 4.70. The Hall–Kier alpha value is -3.37. The van der Waals surface area contributed by atoms with Crippen LogP contribution >= 0.6 is 0 Å². The van der Waals surface area contributed by atoms with Crippen LogP contribution in [0.5, 0.6) is 0 Å². The molecule has 0 spiro atoms. The predicted octanol–water partition coefficient (Wildman–Crippen LogP) is 1.62. The van der Waals surface area contributed by atoms with Gasteiger partial charge in [-0.2, -0.15) is 0 Å². The summed E-state index contributed by atoms with van der Waals surface area (Å²) in [6.45, 7) is -0.399. The molecule has 2 aromatic carbocycles. The van der Waals surface area contributed by atoms with Gasteiger partial charge in [-0.15, -0.1) is 0 Å². The van der Waals surface area contributed by atoms with E-state index in [1.54, 1.807) is 4.57 Å². The molecule has 162 valence electrons. The lowest BCUT2D eigenvalue weighted by Crippen LogP contribution is -2.33. The first-order valence-corrected chi connectivity index (χ1v) is 10.4. The summed E-state index contributed by atoms with van der Waals surface area (Å²) in [6.07, 6.45) is -1.28. The van der Waals surface area contributed by atoms with E-state index in [0.717, 1.165) is 11.1 Å². The van der Waals surface area contributed by atoms with Gasteiger partial charge in [-0.05, 0) is 22.3 Å². The number of nitrogens with one attached hydrogen (secondary N) is 1. The molecule has 2 aliphatic rings. The molecule has 1 aliphatic carbocycles. The number of anilines is 1. The van der Waals surface area contributed by atoms with E-state index in [1.807, 2.05) is 24.3 Å². The third-order valence-corrected chi connectivity index (χ3v) is 6.26. The average molecular weight is 431 g/mol. The highest BCUT2D eigenvalue weighted by Gasteiger charge is 2.44. The van der Waals surface area contributed by atoms with Gasteiger partial charge in [0.1, 0.15) is 24.6 Å². The van der Waals surface area contributed by atoms with Crippen LogP contribution in [0.2, 0.25) is 0 Å². The maximum atomic E-state index is 10.4. The van der Waals surface area contributed by atoms with E-state index < -0.39 is 31.1 Å². The quantitative estimate of drug-likeness (QED) is 0.384. The van der Waals surface area contributed by atoms with E-state index in [0.29, 0.717) is 17.0 Å². The average Bonchev–Trinajstić information content (AvgIpc) is 3.48. The van der Waals surface area contributed by atoms with Crippen molar-refractivity contribution in [3.8, 4) is 11.1 Å². The zero-order valence-electron chi connectivity index (χ0n) is 16.9. The van der Waals surface area contributed by atoms with Crippen LogP contribution < -0.4 is 5.32 Å². The second-order valence-electron chi connectivity index (χ2n) is 8.03. The Morgan fingerprint density at radius 3 is 2.25 bits per heavy atom. The molecular formula is C23H21N5O4. The Morgan fingerprint density at radius 1 is 0.906 bits per heavy atom. The van der Waals surface area contributed by atoms with Crippen molar-refractivity contribution in [1.82, 2.24) is 19.5 Å². The van der Waals surface area contributed by atoms with Gasteiger partial charge in [0, 0.05) is 0 Å². The van der Waals surface area contributed by atoms with E-state index in [1.165, 1.54) is 23.8 Å². The molecule has 1 saturated heterocycles. The number of benzene rings is 2. The van der Waals surface area contributed by atoms with Crippen molar-refractivity contribution in [3.05, 3.63) is 72.3 Å². The number of aliphatic hydroxyl groups excluding tert-OH is 3. The zero-order chi connectivity index (χ0) is 21.8. The molecule has 2 aromatic heterocycles. The molecule has 1 aliphatic heterocycles. The normalized spacial score (nSPS) is 24.6. The van der Waals surface area contributed by atoms with Crippen molar-refractivity contribution in [1.29, 1.82) is 0 Å². The van der Waals surface area contributed by atoms with Gasteiger partial charge >= 0.3 is 0 Å². The first-order chi connectivity index (χ1) is 15.7. The Kier molecular flexibility index (Phi) is 4.44. The molecule has 4 atom stereocenters. The van der Waals surface area contributed by atoms with Gasteiger partial charge in [0.2, 0.25) is 0 Å². The fraction of sp³-hybridized carbons (Fsp3) is 0.261. The van der Waals surface area contributed by atoms with Gasteiger partial charge in [-0.1, -0.05) is 48.5 Å². The van der Waals surface area contributed by atoms with Crippen LogP contribution in [0.3, 0.4) is 0 Å². The highest BCUT2D eigenvalue weighted by molar-refractivity contribution is 5.85. The van der Waals surface area contributed by atoms with Gasteiger partial charge in [-0.3, -0.25) is 4.57 Å². The minimum absolute atomic E-state index is 0.0976. The van der Waals surface area contributed by atoms with Crippen LogP contribution in [0.15, 0.2) is 61.2 Å². The lowest BCUT2D eigenvalue weighted by Gasteiger charge is -2.18. The van der Waals surface area contributed by atoms with Gasteiger partial charge in [0.05, 0.1) is 19.0 Å². The SMILES string of the molecule is OC[C@H]1O[C@@H](n2cnc3c(NC4c5ccccc5-c5ccccc54)ncnc32)[C@H](O)[C@@H]1O. The first-order valence-electron chi connectivity index (χ1n) is 10.4. The molecule has 4 aromatic rings. The number of ether oxygens (including phenoxy) is 1. The lowest BCUT2D eigenvalue weighted by atomic mass is 10.1. The fourth-order valence-corrected chi connectivity index (χ4v) is 4.70. The van der Waals surface area contributed by atoms with Crippen molar-refractivity contribution >= 4 is 17.0 Å². The van der Waals surface area contributed by atoms with Crippen LogP contribution in [-0.4, -0.2) is 59.8 Å². The second-order valence-corrected chi connectivity index (χ2v) is 8.03. The summed E-state index contributed by atoms with van der Waals surface area (Å²) in [5.74, 6) is 0.553. The van der Waals surface area contributed by atoms with Crippen LogP contribution in [0.1, 0.15) is 23.4 Å². The number of hydrogen-bond acceptors (Lipinski definition) is 8. The van der Waals surface area contributed by atoms with E-state index in [-0.39, 0.29) is 6.04 Å². The minimum Gasteiger partial charge on any atom is -0.394 e. The standard InChI is InChI=1S/C23H21N5O4/c29-9-16-19(30)20(31)23(32-16)28-11-26-18-21(24-10-25-22(18)28)27-17-14-7-3-1-5-12(14)13-6-2-4-8-15(13)17/h1-8,10-11,16-17,19-20,23,29-31H,9H2,(H,24,25,27)/t16-,19-,20-,23-/m1/s1. The van der Waals surface area contributed by atoms with Crippen LogP contribution in [-0.2, 0) is 4.74 Å². The Bertz CT molecular complexity index is 1260. The molecule has 1 fully saturated rings. The third-order valence-electron chi connectivity index (χ3n) is 6.26. The van der Waals surface area contributed by atoms with E-state index in [9.17, 15) is 15.3 Å². The molecule has 6 rings (SSSR count). The summed E-state index contributed by atoms with van der Waals surface area (Å²) in [5, 5.41) is 33.4. The Morgan fingerprint density at radius 2 is 1.59 bits per heavy atom. The van der Waals surface area contributed by atoms with Crippen molar-refractivity contribution in [2.75, 3.05) is 11.9 Å². The lowest BCUT2D eigenvalue weighted by molar-refractivity contribution is -0.0511. The summed E-state index contributed by atoms with van der Waals surface area (Å²) in [6, 6.07) is 16.4. The topological polar surface area (TPSA) is 126 Å². The minimum atomic E-state index is -1.22. The molecular weight excluding hydrogens is 410 g/mol. The van der Waals surface area contributed by atoms with Gasteiger partial charge in [0.25, 0.3) is 0 Å². The molecule has 0 saturated carbocycles. The number of hydrogen-bond donors (Lipinski definition) is 4. The molecule has 32 heavy (non-hydrogen) atoms. The summed E-state index contributed by atoms with van der Waals surface area (Å²) < 4.78 is 7.20. The number of imidazole rings is 1. The van der Waals surface area contributed by atoms with Crippen LogP contribution in [0.4, 0.5) is 5.82 Å². The molecule has 0 radical (unpaired) electrons. The molecule has 3 heterocycles. The van der Waals surface area contributed by atoms with E-state index in [4.69, 9.17) is 4.74 Å². The van der Waals surface area contributed by atoms with Crippen LogP contribution in [0, 0.1) is 0 Å². The first kappa shape index (κ1) is 19.3. The van der Waals surface area contributed by atoms with Gasteiger partial charge in [0.15, 0.2) is 23.2 Å². The Balaban J connectivity index is 1.39. The number of rotatable bonds is 4. The molecule has 4 N–H and O–H groups in total.